The van der Waals surface area contributed by atoms with E-state index < -0.39 is 41.6 Å². The number of carbonyl (C=O) groups is 1. The highest BCUT2D eigenvalue weighted by atomic mass is 16.7. The Morgan fingerprint density at radius 2 is 2.00 bits per heavy atom. The fourth-order valence-electron chi connectivity index (χ4n) is 7.53. The molecule has 41 heavy (non-hydrogen) atoms. The molecule has 4 aliphatic heterocycles. The van der Waals surface area contributed by atoms with E-state index >= 15 is 0 Å². The van der Waals surface area contributed by atoms with Crippen LogP contribution in [0.1, 0.15) is 72.6 Å². The van der Waals surface area contributed by atoms with Gasteiger partial charge in [-0.3, -0.25) is 4.79 Å². The Labute approximate surface area is 244 Å². The van der Waals surface area contributed by atoms with Gasteiger partial charge in [-0.05, 0) is 55.6 Å². The third-order valence-electron chi connectivity index (χ3n) is 9.78. The SMILES string of the molecule is CC[C@H]1O[C@]2(CC[C@@H]1C)C[C@@H]1C[C@@H](CC=C(C)C[C@@H](C)C=CC=C3CO[C@@H]4[C@H](OC)C(CO)=C[C@@H](C(=O)O1)[C@]34O)O2. The highest BCUT2D eigenvalue weighted by Gasteiger charge is 2.61. The van der Waals surface area contributed by atoms with Gasteiger partial charge in [-0.1, -0.05) is 56.7 Å². The molecule has 228 valence electrons. The standard InChI is InChI=1S/C33H48O8/c1-6-28-22(4)12-13-32(41-28)17-26-16-25(40-32)11-10-21(3)14-20(2)8-7-9-24-19-38-30-29(37-5)23(18-34)15-27(31(35)39-26)33(24,30)36/h7-10,15,20,22,25-30,34,36H,6,11-14,16-19H2,1-5H3/t20-,22-,25+,26-,27-,28+,29+,30+,32+,33+/m0/s1. The van der Waals surface area contributed by atoms with Crippen LogP contribution >= 0.6 is 0 Å². The molecule has 0 radical (unpaired) electrons. The number of aliphatic hydroxyl groups is 2. The van der Waals surface area contributed by atoms with Crippen LogP contribution in [0.3, 0.4) is 0 Å². The molecule has 5 aliphatic rings. The van der Waals surface area contributed by atoms with Crippen molar-refractivity contribution in [2.75, 3.05) is 20.3 Å². The second kappa shape index (κ2) is 12.4. The predicted molar refractivity (Wildman–Crippen MR) is 154 cm³/mol. The predicted octanol–water partition coefficient (Wildman–Crippen LogP) is 4.55. The van der Waals surface area contributed by atoms with Crippen molar-refractivity contribution < 1.29 is 38.7 Å². The van der Waals surface area contributed by atoms with E-state index in [0.717, 1.165) is 25.7 Å². The van der Waals surface area contributed by atoms with E-state index in [2.05, 4.69) is 39.8 Å². The zero-order valence-corrected chi connectivity index (χ0v) is 25.2. The van der Waals surface area contributed by atoms with Crippen molar-refractivity contribution in [3.05, 3.63) is 47.1 Å². The highest BCUT2D eigenvalue weighted by molar-refractivity contribution is 5.78. The molecule has 3 saturated heterocycles. The van der Waals surface area contributed by atoms with Crippen molar-refractivity contribution in [1.82, 2.24) is 0 Å². The van der Waals surface area contributed by atoms with E-state index in [9.17, 15) is 15.0 Å². The summed E-state index contributed by atoms with van der Waals surface area (Å²) in [6.07, 6.45) is 13.0. The Hall–Kier alpha value is -1.81. The zero-order chi connectivity index (χ0) is 29.4. The van der Waals surface area contributed by atoms with Crippen LogP contribution in [0.25, 0.3) is 0 Å². The summed E-state index contributed by atoms with van der Waals surface area (Å²) in [7, 11) is 1.52. The number of ether oxygens (including phenoxy) is 5. The largest absolute Gasteiger partial charge is 0.462 e. The summed E-state index contributed by atoms with van der Waals surface area (Å²) in [4.78, 5) is 14.0. The van der Waals surface area contributed by atoms with Crippen molar-refractivity contribution >= 4 is 5.97 Å². The summed E-state index contributed by atoms with van der Waals surface area (Å²) in [6, 6.07) is 0. The lowest BCUT2D eigenvalue weighted by Crippen LogP contribution is -2.59. The molecule has 8 heteroatoms. The van der Waals surface area contributed by atoms with Gasteiger partial charge in [0.25, 0.3) is 0 Å². The lowest BCUT2D eigenvalue weighted by Gasteiger charge is -2.50. The minimum atomic E-state index is -1.66. The first-order chi connectivity index (χ1) is 19.6. The number of allylic oxidation sites excluding steroid dienone is 4. The molecule has 2 bridgehead atoms. The van der Waals surface area contributed by atoms with E-state index in [1.54, 1.807) is 6.08 Å². The molecule has 5 rings (SSSR count). The maximum absolute atomic E-state index is 14.0. The number of hydrogen-bond donors (Lipinski definition) is 2. The van der Waals surface area contributed by atoms with Crippen LogP contribution in [-0.4, -0.2) is 78.4 Å². The molecular weight excluding hydrogens is 524 g/mol. The van der Waals surface area contributed by atoms with Crippen LogP contribution in [0.15, 0.2) is 47.1 Å². The molecule has 2 N–H and O–H groups in total. The minimum Gasteiger partial charge on any atom is -0.462 e. The van der Waals surface area contributed by atoms with Crippen LogP contribution in [0.2, 0.25) is 0 Å². The van der Waals surface area contributed by atoms with Gasteiger partial charge in [0.15, 0.2) is 5.79 Å². The Kier molecular flexibility index (Phi) is 9.29. The number of rotatable bonds is 3. The Morgan fingerprint density at radius 1 is 1.20 bits per heavy atom. The van der Waals surface area contributed by atoms with E-state index in [4.69, 9.17) is 23.7 Å². The molecule has 3 fully saturated rings. The number of esters is 1. The molecule has 0 saturated carbocycles. The second-order valence-corrected chi connectivity index (χ2v) is 12.9. The minimum absolute atomic E-state index is 0.0887. The molecule has 0 amide bonds. The first-order valence-corrected chi connectivity index (χ1v) is 15.4. The lowest BCUT2D eigenvalue weighted by atomic mass is 9.70. The molecule has 0 aromatic heterocycles. The van der Waals surface area contributed by atoms with Crippen molar-refractivity contribution in [3.8, 4) is 0 Å². The molecule has 0 unspecified atom stereocenters. The fourth-order valence-corrected chi connectivity index (χ4v) is 7.53. The molecule has 0 aromatic rings. The normalized spacial score (nSPS) is 43.6. The van der Waals surface area contributed by atoms with E-state index in [-0.39, 0.29) is 31.3 Å². The van der Waals surface area contributed by atoms with Gasteiger partial charge in [0.05, 0.1) is 25.4 Å². The highest BCUT2D eigenvalue weighted by Crippen LogP contribution is 2.48. The second-order valence-electron chi connectivity index (χ2n) is 12.9. The Bertz CT molecular complexity index is 1090. The molecular formula is C33H48O8. The van der Waals surface area contributed by atoms with Gasteiger partial charge in [-0.25, -0.2) is 0 Å². The topological polar surface area (TPSA) is 104 Å². The van der Waals surface area contributed by atoms with Gasteiger partial charge in [0.1, 0.15) is 29.8 Å². The monoisotopic (exact) mass is 572 g/mol. The lowest BCUT2D eigenvalue weighted by molar-refractivity contribution is -0.335. The van der Waals surface area contributed by atoms with Crippen LogP contribution in [0.4, 0.5) is 0 Å². The first kappa shape index (κ1) is 30.6. The number of fused-ring (bicyclic) bond motifs is 2. The summed E-state index contributed by atoms with van der Waals surface area (Å²) in [6.45, 7) is 8.51. The van der Waals surface area contributed by atoms with E-state index in [1.807, 2.05) is 12.2 Å². The number of methoxy groups -OCH3 is 1. The summed E-state index contributed by atoms with van der Waals surface area (Å²) in [5.74, 6) is -1.67. The van der Waals surface area contributed by atoms with Crippen molar-refractivity contribution in [3.63, 3.8) is 0 Å². The van der Waals surface area contributed by atoms with Crippen LogP contribution in [-0.2, 0) is 28.5 Å². The van der Waals surface area contributed by atoms with Crippen molar-refractivity contribution in [1.29, 1.82) is 0 Å². The van der Waals surface area contributed by atoms with Crippen LogP contribution < -0.4 is 0 Å². The van der Waals surface area contributed by atoms with E-state index in [1.165, 1.54) is 12.7 Å². The number of hydrogen-bond acceptors (Lipinski definition) is 8. The summed E-state index contributed by atoms with van der Waals surface area (Å²) < 4.78 is 31.3. The molecule has 1 spiro atoms. The first-order valence-electron chi connectivity index (χ1n) is 15.4. The summed E-state index contributed by atoms with van der Waals surface area (Å²) >= 11 is 0. The van der Waals surface area contributed by atoms with Gasteiger partial charge < -0.3 is 33.9 Å². The zero-order valence-electron chi connectivity index (χ0n) is 25.2. The van der Waals surface area contributed by atoms with Gasteiger partial charge in [-0.15, -0.1) is 0 Å². The van der Waals surface area contributed by atoms with Gasteiger partial charge in [-0.2, -0.15) is 0 Å². The van der Waals surface area contributed by atoms with Gasteiger partial charge >= 0.3 is 5.97 Å². The maximum atomic E-state index is 14.0. The smallest absolute Gasteiger partial charge is 0.316 e. The quantitative estimate of drug-likeness (QED) is 0.375. The van der Waals surface area contributed by atoms with Crippen molar-refractivity contribution in [2.45, 2.75) is 115 Å². The van der Waals surface area contributed by atoms with Gasteiger partial charge in [0.2, 0.25) is 0 Å². The third kappa shape index (κ3) is 6.01. The fraction of sp³-hybridized carbons (Fsp3) is 0.727. The Balaban J connectivity index is 1.53. The van der Waals surface area contributed by atoms with Crippen molar-refractivity contribution in [2.24, 2.45) is 17.8 Å². The molecule has 1 aliphatic carbocycles. The average molecular weight is 573 g/mol. The Morgan fingerprint density at radius 3 is 2.73 bits per heavy atom. The molecule has 8 nitrogen and oxygen atoms in total. The summed E-state index contributed by atoms with van der Waals surface area (Å²) in [5.41, 5.74) is 0.715. The molecule has 0 aromatic carbocycles. The molecule has 10 atom stereocenters. The number of aliphatic hydroxyl groups excluding tert-OH is 1. The van der Waals surface area contributed by atoms with Gasteiger partial charge in [0, 0.05) is 26.4 Å². The maximum Gasteiger partial charge on any atom is 0.316 e. The average Bonchev–Trinajstić information content (AvgIpc) is 3.28. The van der Waals surface area contributed by atoms with E-state index in [0.29, 0.717) is 36.3 Å². The van der Waals surface area contributed by atoms with Crippen LogP contribution in [0, 0.1) is 17.8 Å². The van der Waals surface area contributed by atoms with Crippen LogP contribution in [0.5, 0.6) is 0 Å². The third-order valence-corrected chi connectivity index (χ3v) is 9.78. The number of carbonyl (C=O) groups excluding carboxylic acids is 1. The molecule has 4 heterocycles. The summed E-state index contributed by atoms with van der Waals surface area (Å²) in [5, 5.41) is 22.4.